The van der Waals surface area contributed by atoms with E-state index >= 15 is 0 Å². The number of nitrogens with zero attached hydrogens (tertiary/aromatic N) is 2. The predicted octanol–water partition coefficient (Wildman–Crippen LogP) is 1.83. The molecule has 74 valence electrons. The lowest BCUT2D eigenvalue weighted by atomic mass is 10.4. The van der Waals surface area contributed by atoms with Gasteiger partial charge in [0, 0.05) is 19.2 Å². The Morgan fingerprint density at radius 2 is 2.43 bits per heavy atom. The van der Waals surface area contributed by atoms with Gasteiger partial charge in [0.15, 0.2) is 17.9 Å². The molecule has 0 bridgehead atoms. The van der Waals surface area contributed by atoms with Crippen molar-refractivity contribution >= 4 is 12.2 Å². The monoisotopic (exact) mass is 192 g/mol. The van der Waals surface area contributed by atoms with Crippen LogP contribution in [-0.2, 0) is 0 Å². The van der Waals surface area contributed by atoms with E-state index in [9.17, 15) is 4.79 Å². The molecule has 4 nitrogen and oxygen atoms in total. The molecule has 0 aliphatic heterocycles. The Hall–Kier alpha value is -1.76. The maximum absolute atomic E-state index is 10.4. The molecule has 1 rings (SSSR count). The van der Waals surface area contributed by atoms with Crippen LogP contribution in [0.2, 0.25) is 0 Å². The van der Waals surface area contributed by atoms with Crippen LogP contribution in [0.25, 0.3) is 0 Å². The van der Waals surface area contributed by atoms with Crippen molar-refractivity contribution in [3.8, 4) is 6.07 Å². The second-order valence-electron chi connectivity index (χ2n) is 2.78. The number of carbonyl (C=O) groups excluding carboxylic acids is 1. The van der Waals surface area contributed by atoms with Crippen molar-refractivity contribution in [3.63, 3.8) is 0 Å². The van der Waals surface area contributed by atoms with Gasteiger partial charge in [0.05, 0.1) is 12.5 Å². The second kappa shape index (κ2) is 5.07. The van der Waals surface area contributed by atoms with Gasteiger partial charge in [-0.05, 0) is 13.0 Å². The fourth-order valence-corrected chi connectivity index (χ4v) is 1.18. The van der Waals surface area contributed by atoms with E-state index in [0.29, 0.717) is 30.9 Å². The third kappa shape index (κ3) is 2.36. The Bertz CT molecular complexity index is 338. The van der Waals surface area contributed by atoms with Crippen molar-refractivity contribution in [3.05, 3.63) is 17.9 Å². The molecule has 0 spiro atoms. The first-order valence-electron chi connectivity index (χ1n) is 4.48. The molecule has 0 aliphatic rings. The molecule has 0 fully saturated rings. The average molecular weight is 192 g/mol. The van der Waals surface area contributed by atoms with Gasteiger partial charge in [-0.1, -0.05) is 0 Å². The molecule has 0 aliphatic carbocycles. The number of aldehydes is 1. The summed E-state index contributed by atoms with van der Waals surface area (Å²) >= 11 is 0. The number of furan rings is 1. The highest BCUT2D eigenvalue weighted by atomic mass is 16.4. The van der Waals surface area contributed by atoms with Crippen LogP contribution >= 0.6 is 0 Å². The lowest BCUT2D eigenvalue weighted by Gasteiger charge is -2.17. The number of nitriles is 1. The molecular weight excluding hydrogens is 180 g/mol. The highest BCUT2D eigenvalue weighted by Gasteiger charge is 2.08. The van der Waals surface area contributed by atoms with Crippen LogP contribution in [0.5, 0.6) is 0 Å². The maximum Gasteiger partial charge on any atom is 0.196 e. The highest BCUT2D eigenvalue weighted by Crippen LogP contribution is 2.17. The predicted molar refractivity (Wildman–Crippen MR) is 52.2 cm³/mol. The standard InChI is InChI=1S/C10H12N2O2/c1-2-12(7-3-6-11)10-5-4-9(8-13)14-10/h4-5,8H,2-3,7H2,1H3. The highest BCUT2D eigenvalue weighted by molar-refractivity contribution is 5.71. The average Bonchev–Trinajstić information content (AvgIpc) is 2.68. The zero-order valence-corrected chi connectivity index (χ0v) is 8.06. The molecule has 0 amide bonds. The van der Waals surface area contributed by atoms with Crippen molar-refractivity contribution < 1.29 is 9.21 Å². The first-order valence-corrected chi connectivity index (χ1v) is 4.48. The molecule has 0 saturated carbocycles. The van der Waals surface area contributed by atoms with Gasteiger partial charge < -0.3 is 9.32 Å². The first kappa shape index (κ1) is 10.3. The molecule has 0 aromatic carbocycles. The number of carbonyl (C=O) groups is 1. The van der Waals surface area contributed by atoms with Crippen LogP contribution in [-0.4, -0.2) is 19.4 Å². The minimum atomic E-state index is 0.315. The van der Waals surface area contributed by atoms with Crippen molar-refractivity contribution in [2.75, 3.05) is 18.0 Å². The SMILES string of the molecule is CCN(CCC#N)c1ccc(C=O)o1. The van der Waals surface area contributed by atoms with Gasteiger partial charge in [0.1, 0.15) is 0 Å². The minimum Gasteiger partial charge on any atom is -0.438 e. The molecule has 0 radical (unpaired) electrons. The Kier molecular flexibility index (Phi) is 3.74. The van der Waals surface area contributed by atoms with Crippen LogP contribution in [0.15, 0.2) is 16.5 Å². The number of anilines is 1. The second-order valence-corrected chi connectivity index (χ2v) is 2.78. The zero-order chi connectivity index (χ0) is 10.4. The summed E-state index contributed by atoms with van der Waals surface area (Å²) < 4.78 is 5.23. The smallest absolute Gasteiger partial charge is 0.196 e. The molecule has 4 heteroatoms. The minimum absolute atomic E-state index is 0.315. The Balaban J connectivity index is 2.69. The quantitative estimate of drug-likeness (QED) is 0.668. The fourth-order valence-electron chi connectivity index (χ4n) is 1.18. The third-order valence-corrected chi connectivity index (χ3v) is 1.92. The van der Waals surface area contributed by atoms with Gasteiger partial charge in [-0.15, -0.1) is 0 Å². The molecule has 1 aromatic heterocycles. The molecule has 0 N–H and O–H groups in total. The number of hydrogen-bond donors (Lipinski definition) is 0. The molecule has 0 unspecified atom stereocenters. The van der Waals surface area contributed by atoms with E-state index in [-0.39, 0.29) is 0 Å². The normalized spacial score (nSPS) is 9.43. The van der Waals surface area contributed by atoms with Crippen molar-refractivity contribution in [1.29, 1.82) is 5.26 Å². The van der Waals surface area contributed by atoms with Crippen LogP contribution in [0, 0.1) is 11.3 Å². The molecule has 1 heterocycles. The van der Waals surface area contributed by atoms with E-state index in [2.05, 4.69) is 6.07 Å². The van der Waals surface area contributed by atoms with Crippen LogP contribution < -0.4 is 4.90 Å². The number of rotatable bonds is 5. The van der Waals surface area contributed by atoms with Crippen LogP contribution in [0.1, 0.15) is 23.9 Å². The van der Waals surface area contributed by atoms with Gasteiger partial charge in [-0.2, -0.15) is 5.26 Å². The van der Waals surface area contributed by atoms with Gasteiger partial charge >= 0.3 is 0 Å². The molecular formula is C10H12N2O2. The summed E-state index contributed by atoms with van der Waals surface area (Å²) in [6.45, 7) is 3.35. The summed E-state index contributed by atoms with van der Waals surface area (Å²) in [6, 6.07) is 5.43. The molecule has 1 aromatic rings. The summed E-state index contributed by atoms with van der Waals surface area (Å²) in [4.78, 5) is 12.3. The summed E-state index contributed by atoms with van der Waals surface area (Å²) in [5.74, 6) is 0.959. The van der Waals surface area contributed by atoms with Gasteiger partial charge in [0.25, 0.3) is 0 Å². The number of hydrogen-bond acceptors (Lipinski definition) is 4. The molecule has 0 atom stereocenters. The summed E-state index contributed by atoms with van der Waals surface area (Å²) in [5.41, 5.74) is 0. The van der Waals surface area contributed by atoms with Crippen molar-refractivity contribution in [2.45, 2.75) is 13.3 Å². The molecule has 14 heavy (non-hydrogen) atoms. The van der Waals surface area contributed by atoms with Crippen LogP contribution in [0.3, 0.4) is 0 Å². The summed E-state index contributed by atoms with van der Waals surface area (Å²) in [7, 11) is 0. The molecule has 0 saturated heterocycles. The van der Waals surface area contributed by atoms with E-state index in [1.807, 2.05) is 11.8 Å². The van der Waals surface area contributed by atoms with E-state index in [4.69, 9.17) is 9.68 Å². The summed E-state index contributed by atoms with van der Waals surface area (Å²) in [6.07, 6.45) is 1.12. The van der Waals surface area contributed by atoms with Gasteiger partial charge in [-0.3, -0.25) is 4.79 Å². The van der Waals surface area contributed by atoms with Crippen molar-refractivity contribution in [1.82, 2.24) is 0 Å². The van der Waals surface area contributed by atoms with E-state index in [1.54, 1.807) is 12.1 Å². The Morgan fingerprint density at radius 3 is 2.93 bits per heavy atom. The van der Waals surface area contributed by atoms with Crippen LogP contribution in [0.4, 0.5) is 5.88 Å². The lowest BCUT2D eigenvalue weighted by Crippen LogP contribution is -2.22. The Morgan fingerprint density at radius 1 is 1.64 bits per heavy atom. The lowest BCUT2D eigenvalue weighted by molar-refractivity contribution is 0.110. The van der Waals surface area contributed by atoms with E-state index in [0.717, 1.165) is 6.54 Å². The maximum atomic E-state index is 10.4. The topological polar surface area (TPSA) is 57.2 Å². The first-order chi connectivity index (χ1) is 6.81. The largest absolute Gasteiger partial charge is 0.438 e. The van der Waals surface area contributed by atoms with E-state index in [1.165, 1.54) is 0 Å². The van der Waals surface area contributed by atoms with Gasteiger partial charge in [-0.25, -0.2) is 0 Å². The van der Waals surface area contributed by atoms with E-state index < -0.39 is 0 Å². The third-order valence-electron chi connectivity index (χ3n) is 1.92. The summed E-state index contributed by atoms with van der Waals surface area (Å²) in [5, 5.41) is 8.45. The van der Waals surface area contributed by atoms with Gasteiger partial charge in [0.2, 0.25) is 0 Å². The Labute approximate surface area is 82.7 Å². The van der Waals surface area contributed by atoms with Crippen molar-refractivity contribution in [2.24, 2.45) is 0 Å². The zero-order valence-electron chi connectivity index (χ0n) is 8.06. The fraction of sp³-hybridized carbons (Fsp3) is 0.400.